The van der Waals surface area contributed by atoms with Gasteiger partial charge < -0.3 is 10.1 Å². The first-order chi connectivity index (χ1) is 9.26. The molecule has 0 unspecified atom stereocenters. The van der Waals surface area contributed by atoms with E-state index in [4.69, 9.17) is 4.74 Å². The maximum atomic E-state index is 12.8. The van der Waals surface area contributed by atoms with E-state index in [1.807, 2.05) is 12.1 Å². The molecule has 0 bridgehead atoms. The van der Waals surface area contributed by atoms with Crippen LogP contribution < -0.4 is 5.32 Å². The Morgan fingerprint density at radius 3 is 2.95 bits per heavy atom. The van der Waals surface area contributed by atoms with E-state index >= 15 is 0 Å². The molecule has 1 aliphatic rings. The van der Waals surface area contributed by atoms with Gasteiger partial charge in [-0.25, -0.2) is 9.37 Å². The highest BCUT2D eigenvalue weighted by molar-refractivity contribution is 7.09. The molecule has 3 rings (SSSR count). The van der Waals surface area contributed by atoms with Crippen LogP contribution in [0.1, 0.15) is 23.7 Å². The Morgan fingerprint density at radius 2 is 2.21 bits per heavy atom. The van der Waals surface area contributed by atoms with E-state index in [0.29, 0.717) is 24.4 Å². The monoisotopic (exact) mass is 279 g/mol. The number of aromatic nitrogens is 2. The van der Waals surface area contributed by atoms with Crippen molar-refractivity contribution < 1.29 is 9.13 Å². The lowest BCUT2D eigenvalue weighted by Gasteiger charge is -2.01. The third kappa shape index (κ3) is 2.90. The number of methoxy groups -OCH3 is 1. The van der Waals surface area contributed by atoms with Gasteiger partial charge in [-0.15, -0.1) is 0 Å². The highest BCUT2D eigenvalue weighted by atomic mass is 32.1. The van der Waals surface area contributed by atoms with Crippen molar-refractivity contribution in [3.8, 4) is 0 Å². The summed E-state index contributed by atoms with van der Waals surface area (Å²) in [6.45, 7) is 0.435. The van der Waals surface area contributed by atoms with Crippen molar-refractivity contribution >= 4 is 16.7 Å². The molecule has 1 heterocycles. The summed E-state index contributed by atoms with van der Waals surface area (Å²) in [6.07, 6.45) is 1.05. The van der Waals surface area contributed by atoms with Crippen LogP contribution in [0, 0.1) is 5.82 Å². The average Bonchev–Trinajstić information content (AvgIpc) is 3.02. The van der Waals surface area contributed by atoms with Gasteiger partial charge in [0.1, 0.15) is 12.4 Å². The maximum Gasteiger partial charge on any atom is 0.202 e. The molecule has 4 nitrogen and oxygen atoms in total. The zero-order chi connectivity index (χ0) is 13.2. The molecule has 1 aromatic carbocycles. The van der Waals surface area contributed by atoms with Crippen LogP contribution in [0.3, 0.4) is 0 Å². The van der Waals surface area contributed by atoms with Crippen LogP contribution in [0.25, 0.3) is 0 Å². The molecule has 0 aliphatic heterocycles. The van der Waals surface area contributed by atoms with Crippen LogP contribution in [0.5, 0.6) is 0 Å². The molecule has 2 aromatic rings. The van der Waals surface area contributed by atoms with Gasteiger partial charge in [-0.3, -0.25) is 0 Å². The van der Waals surface area contributed by atoms with Gasteiger partial charge in [0.05, 0.1) is 0 Å². The normalized spacial score (nSPS) is 21.4. The first-order valence-corrected chi connectivity index (χ1v) is 6.87. The van der Waals surface area contributed by atoms with Crippen molar-refractivity contribution in [2.45, 2.75) is 25.0 Å². The van der Waals surface area contributed by atoms with E-state index < -0.39 is 0 Å². The molecule has 1 aliphatic carbocycles. The maximum absolute atomic E-state index is 12.8. The van der Waals surface area contributed by atoms with Gasteiger partial charge in [0.15, 0.2) is 5.82 Å². The fraction of sp³-hybridized carbons (Fsp3) is 0.385. The number of nitrogens with one attached hydrogen (secondary N) is 1. The van der Waals surface area contributed by atoms with Gasteiger partial charge in [-0.2, -0.15) is 4.37 Å². The summed E-state index contributed by atoms with van der Waals surface area (Å²) in [5.74, 6) is 0.951. The molecular weight excluding hydrogens is 265 g/mol. The van der Waals surface area contributed by atoms with Gasteiger partial charge in [-0.1, -0.05) is 12.1 Å². The molecular formula is C13H14FN3OS. The van der Waals surface area contributed by atoms with E-state index in [2.05, 4.69) is 14.7 Å². The average molecular weight is 279 g/mol. The second-order valence-electron chi connectivity index (χ2n) is 4.59. The third-order valence-corrected chi connectivity index (χ3v) is 3.82. The molecule has 1 aromatic heterocycles. The first kappa shape index (κ1) is 12.5. The van der Waals surface area contributed by atoms with Crippen molar-refractivity contribution in [2.75, 3.05) is 12.4 Å². The van der Waals surface area contributed by atoms with Crippen LogP contribution in [-0.4, -0.2) is 22.5 Å². The molecule has 0 saturated heterocycles. The van der Waals surface area contributed by atoms with Crippen LogP contribution >= 0.6 is 11.5 Å². The number of nitrogens with zero attached hydrogens (tertiary/aromatic N) is 2. The van der Waals surface area contributed by atoms with Crippen LogP contribution in [-0.2, 0) is 11.3 Å². The Labute approximate surface area is 114 Å². The summed E-state index contributed by atoms with van der Waals surface area (Å²) >= 11 is 1.35. The minimum atomic E-state index is -0.192. The van der Waals surface area contributed by atoms with Gasteiger partial charge in [-0.05, 0) is 24.1 Å². The number of rotatable bonds is 5. The predicted octanol–water partition coefficient (Wildman–Crippen LogP) is 2.79. The molecule has 1 fully saturated rings. The smallest absolute Gasteiger partial charge is 0.202 e. The lowest BCUT2D eigenvalue weighted by Crippen LogP contribution is -2.04. The van der Waals surface area contributed by atoms with Crippen molar-refractivity contribution in [1.82, 2.24) is 9.36 Å². The Balaban J connectivity index is 1.59. The molecule has 19 heavy (non-hydrogen) atoms. The molecule has 6 heteroatoms. The molecule has 0 amide bonds. The minimum absolute atomic E-state index is 0.192. The molecule has 1 saturated carbocycles. The zero-order valence-corrected chi connectivity index (χ0v) is 11.3. The SMILES string of the molecule is COCc1nsc(N[C@@H]2C[C@H]2c2ccc(F)cc2)n1. The van der Waals surface area contributed by atoms with Crippen LogP contribution in [0.15, 0.2) is 24.3 Å². The van der Waals surface area contributed by atoms with E-state index in [1.54, 1.807) is 7.11 Å². The minimum Gasteiger partial charge on any atom is -0.377 e. The van der Waals surface area contributed by atoms with Gasteiger partial charge in [0, 0.05) is 30.6 Å². The lowest BCUT2D eigenvalue weighted by atomic mass is 10.1. The second-order valence-corrected chi connectivity index (χ2v) is 5.35. The Morgan fingerprint density at radius 1 is 1.42 bits per heavy atom. The highest BCUT2D eigenvalue weighted by Crippen LogP contribution is 2.42. The summed E-state index contributed by atoms with van der Waals surface area (Å²) in [6, 6.07) is 7.07. The second kappa shape index (κ2) is 5.22. The fourth-order valence-electron chi connectivity index (χ4n) is 2.09. The number of anilines is 1. The Bertz CT molecular complexity index is 557. The van der Waals surface area contributed by atoms with E-state index in [9.17, 15) is 4.39 Å². The zero-order valence-electron chi connectivity index (χ0n) is 10.5. The van der Waals surface area contributed by atoms with Gasteiger partial charge in [0.2, 0.25) is 5.13 Å². The van der Waals surface area contributed by atoms with Gasteiger partial charge in [0.25, 0.3) is 0 Å². The van der Waals surface area contributed by atoms with Crippen molar-refractivity contribution in [3.05, 3.63) is 41.5 Å². The Hall–Kier alpha value is -1.53. The lowest BCUT2D eigenvalue weighted by molar-refractivity contribution is 0.179. The quantitative estimate of drug-likeness (QED) is 0.914. The predicted molar refractivity (Wildman–Crippen MR) is 71.8 cm³/mol. The number of hydrogen-bond donors (Lipinski definition) is 1. The molecule has 100 valence electrons. The van der Waals surface area contributed by atoms with Crippen LogP contribution in [0.2, 0.25) is 0 Å². The summed E-state index contributed by atoms with van der Waals surface area (Å²) in [5.41, 5.74) is 1.17. The summed E-state index contributed by atoms with van der Waals surface area (Å²) < 4.78 is 22.0. The summed E-state index contributed by atoms with van der Waals surface area (Å²) in [5, 5.41) is 4.17. The van der Waals surface area contributed by atoms with E-state index in [0.717, 1.165) is 11.6 Å². The third-order valence-electron chi connectivity index (χ3n) is 3.14. The van der Waals surface area contributed by atoms with Crippen molar-refractivity contribution in [3.63, 3.8) is 0 Å². The van der Waals surface area contributed by atoms with Crippen molar-refractivity contribution in [1.29, 1.82) is 0 Å². The number of hydrogen-bond acceptors (Lipinski definition) is 5. The number of ether oxygens (including phenoxy) is 1. The largest absolute Gasteiger partial charge is 0.377 e. The topological polar surface area (TPSA) is 47.0 Å². The highest BCUT2D eigenvalue weighted by Gasteiger charge is 2.38. The van der Waals surface area contributed by atoms with E-state index in [-0.39, 0.29) is 5.82 Å². The standard InChI is InChI=1S/C13H14FN3OS/c1-18-7-12-16-13(19-17-12)15-11-6-10(11)8-2-4-9(14)5-3-8/h2-5,10-11H,6-7H2,1H3,(H,15,16,17)/t10-,11+/m0/s1. The summed E-state index contributed by atoms with van der Waals surface area (Å²) in [7, 11) is 1.62. The number of benzene rings is 1. The molecule has 1 N–H and O–H groups in total. The first-order valence-electron chi connectivity index (χ1n) is 6.10. The van der Waals surface area contributed by atoms with Crippen molar-refractivity contribution in [2.24, 2.45) is 0 Å². The fourth-order valence-corrected chi connectivity index (χ4v) is 2.73. The molecule has 2 atom stereocenters. The Kier molecular flexibility index (Phi) is 3.44. The van der Waals surface area contributed by atoms with Gasteiger partial charge >= 0.3 is 0 Å². The summed E-state index contributed by atoms with van der Waals surface area (Å²) in [4.78, 5) is 4.33. The number of halogens is 1. The molecule has 0 radical (unpaired) electrons. The van der Waals surface area contributed by atoms with Crippen LogP contribution in [0.4, 0.5) is 9.52 Å². The molecule has 0 spiro atoms. The van der Waals surface area contributed by atoms with E-state index in [1.165, 1.54) is 29.2 Å².